The summed E-state index contributed by atoms with van der Waals surface area (Å²) in [5, 5.41) is 20.0. The minimum atomic E-state index is -0.514. The van der Waals surface area contributed by atoms with Crippen molar-refractivity contribution >= 4 is 23.5 Å². The van der Waals surface area contributed by atoms with Crippen LogP contribution in [0, 0.1) is 0 Å². The summed E-state index contributed by atoms with van der Waals surface area (Å²) in [5.74, 6) is 0.0436. The summed E-state index contributed by atoms with van der Waals surface area (Å²) in [5.41, 5.74) is 0.166. The number of aliphatic hydroxyl groups is 1. The van der Waals surface area contributed by atoms with Gasteiger partial charge in [-0.05, 0) is 25.3 Å². The van der Waals surface area contributed by atoms with E-state index in [1.165, 1.54) is 7.11 Å². The molecule has 0 bridgehead atoms. The fourth-order valence-corrected chi connectivity index (χ4v) is 2.01. The van der Waals surface area contributed by atoms with E-state index in [0.717, 1.165) is 0 Å². The Kier molecular flexibility index (Phi) is 5.87. The lowest BCUT2D eigenvalue weighted by atomic mass is 10.2. The Balaban J connectivity index is 2.66. The van der Waals surface area contributed by atoms with E-state index < -0.39 is 5.97 Å². The molecule has 100 valence electrons. The van der Waals surface area contributed by atoms with E-state index in [0.29, 0.717) is 5.82 Å². The maximum absolute atomic E-state index is 11.2. The van der Waals surface area contributed by atoms with Crippen molar-refractivity contribution in [2.24, 2.45) is 0 Å². The molecule has 0 aliphatic carbocycles. The first-order valence-corrected chi connectivity index (χ1v) is 6.73. The van der Waals surface area contributed by atoms with Crippen LogP contribution in [-0.4, -0.2) is 52.5 Å². The normalized spacial score (nSPS) is 13.8. The standard InChI is InChI=1S/C11H17N3O3S/c1-7(9(6-15)18-3)12-10-5-4-8(13-14-10)11(16)17-2/h4-5,7,9,15H,6H2,1-3H3,(H,12,14). The molecule has 2 unspecified atom stereocenters. The molecule has 0 aliphatic heterocycles. The molecule has 1 aromatic rings. The highest BCUT2D eigenvalue weighted by molar-refractivity contribution is 7.99. The molecule has 1 aromatic heterocycles. The first-order valence-electron chi connectivity index (χ1n) is 5.44. The van der Waals surface area contributed by atoms with Gasteiger partial charge in [0.05, 0.1) is 13.7 Å². The molecule has 0 amide bonds. The largest absolute Gasteiger partial charge is 0.464 e. The molecule has 0 aromatic carbocycles. The predicted molar refractivity (Wildman–Crippen MR) is 70.8 cm³/mol. The average Bonchev–Trinajstić information content (AvgIpc) is 2.40. The van der Waals surface area contributed by atoms with Gasteiger partial charge >= 0.3 is 5.97 Å². The average molecular weight is 271 g/mol. The van der Waals surface area contributed by atoms with Gasteiger partial charge in [-0.2, -0.15) is 11.8 Å². The van der Waals surface area contributed by atoms with E-state index in [9.17, 15) is 4.79 Å². The fraction of sp³-hybridized carbons (Fsp3) is 0.545. The number of carbonyl (C=O) groups is 1. The molecule has 6 nitrogen and oxygen atoms in total. The number of aliphatic hydroxyl groups excluding tert-OH is 1. The second kappa shape index (κ2) is 7.17. The molecule has 7 heteroatoms. The van der Waals surface area contributed by atoms with Crippen LogP contribution in [0.1, 0.15) is 17.4 Å². The molecule has 0 saturated heterocycles. The van der Waals surface area contributed by atoms with E-state index in [1.807, 2.05) is 13.2 Å². The number of hydrogen-bond acceptors (Lipinski definition) is 7. The number of ether oxygens (including phenoxy) is 1. The van der Waals surface area contributed by atoms with Gasteiger partial charge in [0.25, 0.3) is 0 Å². The Morgan fingerprint density at radius 2 is 2.28 bits per heavy atom. The summed E-state index contributed by atoms with van der Waals surface area (Å²) in [4.78, 5) is 11.2. The van der Waals surface area contributed by atoms with Crippen LogP contribution < -0.4 is 5.32 Å². The molecular formula is C11H17N3O3S. The number of hydrogen-bond donors (Lipinski definition) is 2. The Labute approximate surface area is 110 Å². The van der Waals surface area contributed by atoms with Crippen molar-refractivity contribution in [3.63, 3.8) is 0 Å². The quantitative estimate of drug-likeness (QED) is 0.740. The van der Waals surface area contributed by atoms with Crippen molar-refractivity contribution in [1.82, 2.24) is 10.2 Å². The number of anilines is 1. The summed E-state index contributed by atoms with van der Waals surface area (Å²) in [6.45, 7) is 2.04. The number of thioether (sulfide) groups is 1. The zero-order valence-electron chi connectivity index (χ0n) is 10.6. The van der Waals surface area contributed by atoms with E-state index in [4.69, 9.17) is 5.11 Å². The lowest BCUT2D eigenvalue weighted by molar-refractivity contribution is 0.0593. The lowest BCUT2D eigenvalue weighted by Crippen LogP contribution is -2.31. The van der Waals surface area contributed by atoms with Gasteiger partial charge in [-0.1, -0.05) is 0 Å². The van der Waals surface area contributed by atoms with Crippen LogP contribution in [-0.2, 0) is 4.74 Å². The summed E-state index contributed by atoms with van der Waals surface area (Å²) in [7, 11) is 1.29. The van der Waals surface area contributed by atoms with E-state index in [-0.39, 0.29) is 23.6 Å². The minimum Gasteiger partial charge on any atom is -0.464 e. The zero-order valence-corrected chi connectivity index (χ0v) is 11.4. The highest BCUT2D eigenvalue weighted by Crippen LogP contribution is 2.14. The molecule has 1 heterocycles. The van der Waals surface area contributed by atoms with Crippen LogP contribution in [0.15, 0.2) is 12.1 Å². The molecule has 1 rings (SSSR count). The van der Waals surface area contributed by atoms with Crippen molar-refractivity contribution in [2.75, 3.05) is 25.3 Å². The Hall–Kier alpha value is -1.34. The molecule has 2 N–H and O–H groups in total. The third-order valence-corrected chi connectivity index (χ3v) is 3.64. The van der Waals surface area contributed by atoms with Gasteiger partial charge in [-0.15, -0.1) is 10.2 Å². The van der Waals surface area contributed by atoms with Gasteiger partial charge in [0.15, 0.2) is 5.69 Å². The van der Waals surface area contributed by atoms with Crippen molar-refractivity contribution in [1.29, 1.82) is 0 Å². The fourth-order valence-electron chi connectivity index (χ4n) is 1.39. The maximum Gasteiger partial charge on any atom is 0.358 e. The first-order chi connectivity index (χ1) is 8.62. The predicted octanol–water partition coefficient (Wildman–Crippen LogP) is 0.787. The number of nitrogens with one attached hydrogen (secondary N) is 1. The summed E-state index contributed by atoms with van der Waals surface area (Å²) >= 11 is 1.57. The molecule has 0 radical (unpaired) electrons. The smallest absolute Gasteiger partial charge is 0.358 e. The Morgan fingerprint density at radius 3 is 2.72 bits per heavy atom. The van der Waals surface area contributed by atoms with Crippen molar-refractivity contribution in [2.45, 2.75) is 18.2 Å². The lowest BCUT2D eigenvalue weighted by Gasteiger charge is -2.21. The Morgan fingerprint density at radius 1 is 1.56 bits per heavy atom. The summed E-state index contributed by atoms with van der Waals surface area (Å²) in [6, 6.07) is 3.24. The second-order valence-electron chi connectivity index (χ2n) is 3.69. The number of methoxy groups -OCH3 is 1. The van der Waals surface area contributed by atoms with Crippen LogP contribution in [0.3, 0.4) is 0 Å². The minimum absolute atomic E-state index is 0.0447. The van der Waals surface area contributed by atoms with Gasteiger partial charge in [0.2, 0.25) is 0 Å². The molecular weight excluding hydrogens is 254 g/mol. The number of esters is 1. The monoisotopic (exact) mass is 271 g/mol. The number of nitrogens with zero attached hydrogens (tertiary/aromatic N) is 2. The van der Waals surface area contributed by atoms with Crippen LogP contribution in [0.25, 0.3) is 0 Å². The van der Waals surface area contributed by atoms with Gasteiger partial charge < -0.3 is 15.2 Å². The molecule has 18 heavy (non-hydrogen) atoms. The molecule has 0 aliphatic rings. The summed E-state index contributed by atoms with van der Waals surface area (Å²) in [6.07, 6.45) is 1.94. The maximum atomic E-state index is 11.2. The van der Waals surface area contributed by atoms with Gasteiger partial charge in [0, 0.05) is 11.3 Å². The van der Waals surface area contributed by atoms with E-state index in [1.54, 1.807) is 23.9 Å². The third kappa shape index (κ3) is 3.85. The van der Waals surface area contributed by atoms with Crippen LogP contribution in [0.2, 0.25) is 0 Å². The molecule has 2 atom stereocenters. The SMILES string of the molecule is COC(=O)c1ccc(NC(C)C(CO)SC)nn1. The highest BCUT2D eigenvalue weighted by atomic mass is 32.2. The number of aromatic nitrogens is 2. The van der Waals surface area contributed by atoms with Gasteiger partial charge in [0.1, 0.15) is 5.82 Å². The number of rotatable bonds is 6. The van der Waals surface area contributed by atoms with Crippen LogP contribution in [0.5, 0.6) is 0 Å². The first kappa shape index (κ1) is 14.7. The van der Waals surface area contributed by atoms with Crippen molar-refractivity contribution < 1.29 is 14.6 Å². The topological polar surface area (TPSA) is 84.3 Å². The van der Waals surface area contributed by atoms with Crippen LogP contribution in [0.4, 0.5) is 5.82 Å². The van der Waals surface area contributed by atoms with Crippen LogP contribution >= 0.6 is 11.8 Å². The number of carbonyl (C=O) groups excluding carboxylic acids is 1. The third-order valence-electron chi connectivity index (χ3n) is 2.48. The molecule has 0 spiro atoms. The van der Waals surface area contributed by atoms with E-state index in [2.05, 4.69) is 20.3 Å². The zero-order chi connectivity index (χ0) is 13.5. The van der Waals surface area contributed by atoms with Gasteiger partial charge in [-0.25, -0.2) is 4.79 Å². The van der Waals surface area contributed by atoms with Crippen molar-refractivity contribution in [3.8, 4) is 0 Å². The highest BCUT2D eigenvalue weighted by Gasteiger charge is 2.16. The summed E-state index contributed by atoms with van der Waals surface area (Å²) < 4.78 is 4.53. The van der Waals surface area contributed by atoms with E-state index >= 15 is 0 Å². The van der Waals surface area contributed by atoms with Crippen molar-refractivity contribution in [3.05, 3.63) is 17.8 Å². The Bertz CT molecular complexity index is 382. The van der Waals surface area contributed by atoms with Gasteiger partial charge in [-0.3, -0.25) is 0 Å². The second-order valence-corrected chi connectivity index (χ2v) is 4.76. The molecule has 0 fully saturated rings. The molecule has 0 saturated carbocycles.